The SMILES string of the molecule is CC(=O)O[C@H]1C(=O)[C@]2(C)[C@@H](OC(=O)CC(=O)Cc3ccc(C(=O)O)cc3)C[C@H]3OC[C@@]3(OC(C)=O)[C@H]2[C@H](OC(=O)c2ccccc2)[C@]2(O)C[C@H](OC(=O)[C@H](O)[C@@H](NC(=O)c3ccccc3)c3ccccc3)C(C)=C1C2(C)C. The zero-order valence-corrected chi connectivity index (χ0v) is 43.1. The van der Waals surface area contributed by atoms with Gasteiger partial charge in [0.15, 0.2) is 23.6 Å². The third-order valence-corrected chi connectivity index (χ3v) is 15.7. The highest BCUT2D eigenvalue weighted by molar-refractivity contribution is 5.99. The molecule has 19 heteroatoms. The van der Waals surface area contributed by atoms with Gasteiger partial charge in [0.1, 0.15) is 42.2 Å². The van der Waals surface area contributed by atoms with Crippen molar-refractivity contribution in [2.75, 3.05) is 6.61 Å². The quantitative estimate of drug-likeness (QED) is 0.0486. The number of aromatic carboxylic acids is 1. The number of rotatable bonds is 16. The van der Waals surface area contributed by atoms with E-state index in [0.717, 1.165) is 13.8 Å². The Morgan fingerprint density at radius 3 is 1.91 bits per heavy atom. The number of aliphatic hydroxyl groups is 2. The van der Waals surface area contributed by atoms with E-state index in [1.807, 2.05) is 0 Å². The molecule has 4 aliphatic rings. The molecule has 1 amide bonds. The number of hydrogen-bond acceptors (Lipinski definition) is 17. The van der Waals surface area contributed by atoms with E-state index in [1.165, 1.54) is 76.2 Å². The monoisotopic (exact) mass is 1060 g/mol. The number of carbonyl (C=O) groups is 9. The van der Waals surface area contributed by atoms with Crippen molar-refractivity contribution in [1.82, 2.24) is 5.32 Å². The van der Waals surface area contributed by atoms with Gasteiger partial charge in [0.25, 0.3) is 5.91 Å². The third-order valence-electron chi connectivity index (χ3n) is 15.7. The van der Waals surface area contributed by atoms with Crippen molar-refractivity contribution in [2.45, 2.75) is 121 Å². The summed E-state index contributed by atoms with van der Waals surface area (Å²) in [6.45, 7) is 7.52. The summed E-state index contributed by atoms with van der Waals surface area (Å²) in [7, 11) is 0. The Morgan fingerprint density at radius 2 is 1.35 bits per heavy atom. The van der Waals surface area contributed by atoms with E-state index < -0.39 is 143 Å². The predicted octanol–water partition coefficient (Wildman–Crippen LogP) is 5.19. The van der Waals surface area contributed by atoms with Gasteiger partial charge in [-0.2, -0.15) is 0 Å². The van der Waals surface area contributed by atoms with E-state index in [1.54, 1.807) is 66.7 Å². The number of benzene rings is 4. The Kier molecular flexibility index (Phi) is 15.6. The maximum absolute atomic E-state index is 16.3. The fourth-order valence-electron chi connectivity index (χ4n) is 11.7. The second-order valence-electron chi connectivity index (χ2n) is 20.7. The fourth-order valence-corrected chi connectivity index (χ4v) is 11.7. The van der Waals surface area contributed by atoms with Crippen molar-refractivity contribution < 1.29 is 86.9 Å². The molecule has 0 aromatic heterocycles. The average Bonchev–Trinajstić information content (AvgIpc) is 3.58. The number of nitrogens with one attached hydrogen (secondary N) is 1. The first-order valence-electron chi connectivity index (χ1n) is 25.0. The number of carboxylic acids is 1. The van der Waals surface area contributed by atoms with Gasteiger partial charge in [-0.1, -0.05) is 92.7 Å². The maximum atomic E-state index is 16.3. The van der Waals surface area contributed by atoms with Crippen LogP contribution >= 0.6 is 0 Å². The Bertz CT molecular complexity index is 3010. The second kappa shape index (κ2) is 21.6. The summed E-state index contributed by atoms with van der Waals surface area (Å²) >= 11 is 0. The molecular weight excluding hydrogens is 999 g/mol. The number of amides is 1. The highest BCUT2D eigenvalue weighted by atomic mass is 16.6. The molecule has 1 heterocycles. The molecule has 11 atom stereocenters. The van der Waals surface area contributed by atoms with Crippen molar-refractivity contribution in [3.05, 3.63) is 154 Å². The maximum Gasteiger partial charge on any atom is 0.338 e. The number of Topliss-reactive ketones (excluding diaryl/α,β-unsaturated/α-hetero) is 2. The summed E-state index contributed by atoms with van der Waals surface area (Å²) in [5.41, 5.74) is -7.76. The zero-order valence-electron chi connectivity index (χ0n) is 43.1. The van der Waals surface area contributed by atoms with Gasteiger partial charge in [0.05, 0.1) is 35.1 Å². The van der Waals surface area contributed by atoms with Gasteiger partial charge in [-0.25, -0.2) is 14.4 Å². The van der Waals surface area contributed by atoms with Crippen molar-refractivity contribution in [2.24, 2.45) is 16.7 Å². The smallest absolute Gasteiger partial charge is 0.338 e. The van der Waals surface area contributed by atoms with Gasteiger partial charge < -0.3 is 49.1 Å². The molecular formula is C58H59NO18. The van der Waals surface area contributed by atoms with Crippen LogP contribution in [-0.4, -0.2) is 123 Å². The van der Waals surface area contributed by atoms with Gasteiger partial charge in [0, 0.05) is 44.1 Å². The van der Waals surface area contributed by atoms with Crippen LogP contribution in [0, 0.1) is 16.7 Å². The van der Waals surface area contributed by atoms with Gasteiger partial charge in [-0.3, -0.25) is 28.8 Å². The molecule has 404 valence electrons. The van der Waals surface area contributed by atoms with E-state index >= 15 is 4.79 Å². The van der Waals surface area contributed by atoms with E-state index in [-0.39, 0.29) is 40.7 Å². The van der Waals surface area contributed by atoms with Gasteiger partial charge in [-0.05, 0) is 72.5 Å². The van der Waals surface area contributed by atoms with Crippen molar-refractivity contribution in [1.29, 1.82) is 0 Å². The lowest BCUT2D eigenvalue weighted by Crippen LogP contribution is -2.82. The van der Waals surface area contributed by atoms with Crippen LogP contribution in [0.25, 0.3) is 0 Å². The molecule has 0 unspecified atom stereocenters. The molecule has 1 aliphatic heterocycles. The Morgan fingerprint density at radius 1 is 0.753 bits per heavy atom. The molecule has 2 saturated carbocycles. The number of ether oxygens (including phenoxy) is 6. The lowest BCUT2D eigenvalue weighted by Gasteiger charge is -2.67. The molecule has 77 heavy (non-hydrogen) atoms. The number of fused-ring (bicyclic) bond motifs is 5. The van der Waals surface area contributed by atoms with Crippen LogP contribution < -0.4 is 5.32 Å². The Labute approximate surface area is 442 Å². The van der Waals surface area contributed by atoms with E-state index in [2.05, 4.69) is 5.32 Å². The van der Waals surface area contributed by atoms with Gasteiger partial charge >= 0.3 is 35.8 Å². The number of esters is 5. The van der Waals surface area contributed by atoms with E-state index in [4.69, 9.17) is 28.4 Å². The molecule has 0 spiro atoms. The van der Waals surface area contributed by atoms with Gasteiger partial charge in [0.2, 0.25) is 0 Å². The van der Waals surface area contributed by atoms with Crippen LogP contribution in [0.2, 0.25) is 0 Å². The van der Waals surface area contributed by atoms with Crippen LogP contribution in [0.3, 0.4) is 0 Å². The Hall–Kier alpha value is -7.87. The summed E-state index contributed by atoms with van der Waals surface area (Å²) in [6.07, 6.45) is -12.8. The summed E-state index contributed by atoms with van der Waals surface area (Å²) in [5.74, 6) is -10.5. The highest BCUT2D eigenvalue weighted by Crippen LogP contribution is 2.65. The molecule has 4 aromatic carbocycles. The summed E-state index contributed by atoms with van der Waals surface area (Å²) in [4.78, 5) is 125. The number of hydrogen-bond donors (Lipinski definition) is 4. The standard InChI is InChI=1S/C58H59NO18/c1-31-40(74-54(70)46(64)45(35-16-10-7-11-17-35)59-51(66)36-18-12-8-13-19-36)29-58(71)50(76-53(69)38-20-14-9-15-21-38)48-56(6,49(65)47(73-32(2)60)44(31)55(58,4)5)41(28-42-57(48,30-72-42)77-33(3)61)75-43(63)27-39(62)26-34-22-24-37(25-23-34)52(67)68/h7-25,40-42,45-48,50,64,71H,26-30H2,1-6H3,(H,59,66)(H,67,68)/t40-,41-,42+,45-,46+,47+,48-,50-,56+,57-,58+/m0/s1. The first-order chi connectivity index (χ1) is 36.4. The normalized spacial score (nSPS) is 27.7. The second-order valence-corrected chi connectivity index (χ2v) is 20.7. The average molecular weight is 1060 g/mol. The topological polar surface area (TPSA) is 282 Å². The number of carbonyl (C=O) groups excluding carboxylic acids is 8. The number of ketones is 2. The Balaban J connectivity index is 1.26. The molecule has 4 aromatic rings. The van der Waals surface area contributed by atoms with Crippen LogP contribution in [0.15, 0.2) is 126 Å². The van der Waals surface area contributed by atoms with Crippen molar-refractivity contribution in [3.63, 3.8) is 0 Å². The number of carboxylic acid groups (broad SMARTS) is 1. The zero-order chi connectivity index (χ0) is 55.8. The van der Waals surface area contributed by atoms with Crippen LogP contribution in [0.4, 0.5) is 0 Å². The van der Waals surface area contributed by atoms with E-state index in [9.17, 15) is 53.7 Å². The minimum atomic E-state index is -2.56. The molecule has 19 nitrogen and oxygen atoms in total. The molecule has 2 bridgehead atoms. The first-order valence-corrected chi connectivity index (χ1v) is 25.0. The minimum absolute atomic E-state index is 0.0158. The molecule has 3 fully saturated rings. The van der Waals surface area contributed by atoms with Gasteiger partial charge in [-0.15, -0.1) is 0 Å². The van der Waals surface area contributed by atoms with Crippen LogP contribution in [-0.2, 0) is 63.6 Å². The molecule has 1 saturated heterocycles. The summed E-state index contributed by atoms with van der Waals surface area (Å²) in [5, 5.41) is 38.1. The predicted molar refractivity (Wildman–Crippen MR) is 268 cm³/mol. The highest BCUT2D eigenvalue weighted by Gasteiger charge is 2.79. The molecule has 4 N–H and O–H groups in total. The van der Waals surface area contributed by atoms with Crippen LogP contribution in [0.5, 0.6) is 0 Å². The molecule has 8 rings (SSSR count). The fraction of sp³-hybridized carbons (Fsp3) is 0.397. The summed E-state index contributed by atoms with van der Waals surface area (Å²) in [6, 6.07) is 27.8. The molecule has 3 aliphatic carbocycles. The molecule has 0 radical (unpaired) electrons. The lowest BCUT2D eigenvalue weighted by atomic mass is 9.44. The van der Waals surface area contributed by atoms with Crippen molar-refractivity contribution in [3.8, 4) is 0 Å². The van der Waals surface area contributed by atoms with E-state index in [0.29, 0.717) is 11.1 Å². The number of aliphatic hydroxyl groups excluding tert-OH is 1. The van der Waals surface area contributed by atoms with Crippen molar-refractivity contribution >= 4 is 53.3 Å². The largest absolute Gasteiger partial charge is 0.478 e. The summed E-state index contributed by atoms with van der Waals surface area (Å²) < 4.78 is 37.1. The first kappa shape index (κ1) is 55.4. The third kappa shape index (κ3) is 10.4. The minimum Gasteiger partial charge on any atom is -0.478 e. The van der Waals surface area contributed by atoms with Crippen LogP contribution in [0.1, 0.15) is 109 Å². The lowest BCUT2D eigenvalue weighted by molar-refractivity contribution is -0.346.